The molecule has 1 fully saturated rings. The minimum atomic E-state index is -3.83. The van der Waals surface area contributed by atoms with E-state index in [1.165, 1.54) is 12.1 Å². The van der Waals surface area contributed by atoms with Crippen LogP contribution in [0.5, 0.6) is 0 Å². The molecule has 1 heterocycles. The Balaban J connectivity index is 2.24. The highest BCUT2D eigenvalue weighted by molar-refractivity contribution is 7.89. The first-order chi connectivity index (χ1) is 11.1. The standard InChI is InChI=1S/C15H23N3O5S/c1-15(2,3)17-24(21,22)12-6-7-13(14(9-12)18(19)20)16-10-11-5-4-8-23-11/h6-7,9,11,16-17H,4-5,8,10H2,1-3H3. The number of anilines is 1. The molecule has 2 rings (SSSR count). The lowest BCUT2D eigenvalue weighted by atomic mass is 10.1. The number of hydrogen-bond donors (Lipinski definition) is 2. The Kier molecular flexibility index (Phi) is 5.46. The summed E-state index contributed by atoms with van der Waals surface area (Å²) >= 11 is 0. The molecule has 0 amide bonds. The first-order valence-corrected chi connectivity index (χ1v) is 9.25. The Morgan fingerprint density at radius 1 is 1.38 bits per heavy atom. The van der Waals surface area contributed by atoms with E-state index < -0.39 is 20.5 Å². The van der Waals surface area contributed by atoms with Gasteiger partial charge in [-0.05, 0) is 45.7 Å². The molecule has 1 unspecified atom stereocenters. The van der Waals surface area contributed by atoms with Gasteiger partial charge in [0.2, 0.25) is 10.0 Å². The molecule has 0 radical (unpaired) electrons. The Hall–Kier alpha value is -1.71. The molecule has 1 aromatic carbocycles. The van der Waals surface area contributed by atoms with Gasteiger partial charge in [-0.2, -0.15) is 0 Å². The van der Waals surface area contributed by atoms with Crippen LogP contribution in [0.2, 0.25) is 0 Å². The van der Waals surface area contributed by atoms with E-state index in [0.29, 0.717) is 13.2 Å². The lowest BCUT2D eigenvalue weighted by molar-refractivity contribution is -0.384. The second-order valence-electron chi connectivity index (χ2n) is 6.81. The van der Waals surface area contributed by atoms with Crippen molar-refractivity contribution < 1.29 is 18.1 Å². The predicted molar refractivity (Wildman–Crippen MR) is 90.6 cm³/mol. The maximum absolute atomic E-state index is 12.3. The summed E-state index contributed by atoms with van der Waals surface area (Å²) < 4.78 is 32.6. The molecule has 1 aliphatic rings. The zero-order chi connectivity index (χ0) is 18.0. The second kappa shape index (κ2) is 7.04. The Morgan fingerprint density at radius 3 is 2.62 bits per heavy atom. The molecule has 0 spiro atoms. The maximum atomic E-state index is 12.3. The number of rotatable bonds is 6. The molecule has 0 saturated carbocycles. The normalized spacial score (nSPS) is 18.5. The average Bonchev–Trinajstić information content (AvgIpc) is 2.95. The monoisotopic (exact) mass is 357 g/mol. The van der Waals surface area contributed by atoms with E-state index in [4.69, 9.17) is 4.74 Å². The van der Waals surface area contributed by atoms with Crippen molar-refractivity contribution in [1.29, 1.82) is 0 Å². The summed E-state index contributed by atoms with van der Waals surface area (Å²) in [4.78, 5) is 10.6. The van der Waals surface area contributed by atoms with Gasteiger partial charge in [0.25, 0.3) is 5.69 Å². The number of benzene rings is 1. The largest absolute Gasteiger partial charge is 0.377 e. The van der Waals surface area contributed by atoms with Gasteiger partial charge >= 0.3 is 0 Å². The summed E-state index contributed by atoms with van der Waals surface area (Å²) in [5, 5.41) is 14.3. The van der Waals surface area contributed by atoms with Crippen LogP contribution in [0.25, 0.3) is 0 Å². The van der Waals surface area contributed by atoms with E-state index in [9.17, 15) is 18.5 Å². The van der Waals surface area contributed by atoms with Gasteiger partial charge in [-0.25, -0.2) is 13.1 Å². The van der Waals surface area contributed by atoms with Gasteiger partial charge in [-0.3, -0.25) is 10.1 Å². The molecule has 9 heteroatoms. The lowest BCUT2D eigenvalue weighted by Gasteiger charge is -2.20. The highest BCUT2D eigenvalue weighted by Crippen LogP contribution is 2.28. The number of ether oxygens (including phenoxy) is 1. The molecule has 8 nitrogen and oxygen atoms in total. The maximum Gasteiger partial charge on any atom is 0.293 e. The van der Waals surface area contributed by atoms with Crippen LogP contribution in [0.4, 0.5) is 11.4 Å². The average molecular weight is 357 g/mol. The summed E-state index contributed by atoms with van der Waals surface area (Å²) in [6.07, 6.45) is 1.91. The fourth-order valence-electron chi connectivity index (χ4n) is 2.47. The quantitative estimate of drug-likeness (QED) is 0.597. The molecule has 1 aliphatic heterocycles. The van der Waals surface area contributed by atoms with Crippen molar-refractivity contribution in [3.63, 3.8) is 0 Å². The molecular formula is C15H23N3O5S. The van der Waals surface area contributed by atoms with Crippen LogP contribution >= 0.6 is 0 Å². The minimum absolute atomic E-state index is 0.0237. The molecule has 1 atom stereocenters. The van der Waals surface area contributed by atoms with Crippen molar-refractivity contribution in [2.45, 2.75) is 50.2 Å². The SMILES string of the molecule is CC(C)(C)NS(=O)(=O)c1ccc(NCC2CCCO2)c([N+](=O)[O-])c1. The van der Waals surface area contributed by atoms with E-state index in [1.807, 2.05) is 0 Å². The number of hydrogen-bond acceptors (Lipinski definition) is 6. The van der Waals surface area contributed by atoms with E-state index in [1.54, 1.807) is 20.8 Å². The van der Waals surface area contributed by atoms with Crippen molar-refractivity contribution >= 4 is 21.4 Å². The lowest BCUT2D eigenvalue weighted by Crippen LogP contribution is -2.40. The zero-order valence-corrected chi connectivity index (χ0v) is 14.9. The summed E-state index contributed by atoms with van der Waals surface area (Å²) in [5.74, 6) is 0. The first-order valence-electron chi connectivity index (χ1n) is 7.76. The molecule has 134 valence electrons. The predicted octanol–water partition coefficient (Wildman–Crippen LogP) is 2.26. The van der Waals surface area contributed by atoms with Crippen LogP contribution in [-0.4, -0.2) is 38.1 Å². The van der Waals surface area contributed by atoms with Crippen LogP contribution in [0, 0.1) is 10.1 Å². The van der Waals surface area contributed by atoms with Crippen molar-refractivity contribution in [2.24, 2.45) is 0 Å². The van der Waals surface area contributed by atoms with Crippen molar-refractivity contribution in [2.75, 3.05) is 18.5 Å². The summed E-state index contributed by atoms with van der Waals surface area (Å²) in [7, 11) is -3.83. The summed E-state index contributed by atoms with van der Waals surface area (Å²) in [5.41, 5.74) is -0.667. The minimum Gasteiger partial charge on any atom is -0.377 e. The van der Waals surface area contributed by atoms with Gasteiger partial charge in [0.1, 0.15) is 5.69 Å². The Bertz CT molecular complexity index is 706. The number of nitro groups is 1. The van der Waals surface area contributed by atoms with Crippen LogP contribution < -0.4 is 10.0 Å². The van der Waals surface area contributed by atoms with Gasteiger partial charge in [0.05, 0.1) is 15.9 Å². The number of nitrogens with zero attached hydrogens (tertiary/aromatic N) is 1. The van der Waals surface area contributed by atoms with Crippen LogP contribution in [0.15, 0.2) is 23.1 Å². The van der Waals surface area contributed by atoms with Gasteiger partial charge in [-0.1, -0.05) is 0 Å². The highest BCUT2D eigenvalue weighted by atomic mass is 32.2. The molecule has 0 bridgehead atoms. The molecule has 0 aromatic heterocycles. The molecular weight excluding hydrogens is 334 g/mol. The van der Waals surface area contributed by atoms with Crippen molar-refractivity contribution in [3.05, 3.63) is 28.3 Å². The summed E-state index contributed by atoms with van der Waals surface area (Å²) in [6.45, 7) is 6.26. The van der Waals surface area contributed by atoms with Crippen LogP contribution in [0.3, 0.4) is 0 Å². The van der Waals surface area contributed by atoms with E-state index in [-0.39, 0.29) is 22.4 Å². The molecule has 1 saturated heterocycles. The molecule has 2 N–H and O–H groups in total. The molecule has 1 aromatic rings. The fourth-order valence-corrected chi connectivity index (χ4v) is 3.91. The third-order valence-corrected chi connectivity index (χ3v) is 5.22. The van der Waals surface area contributed by atoms with Crippen molar-refractivity contribution in [3.8, 4) is 0 Å². The third-order valence-electron chi connectivity index (χ3n) is 3.46. The fraction of sp³-hybridized carbons (Fsp3) is 0.600. The topological polar surface area (TPSA) is 111 Å². The zero-order valence-electron chi connectivity index (χ0n) is 14.0. The number of nitrogens with one attached hydrogen (secondary N) is 2. The van der Waals surface area contributed by atoms with Gasteiger partial charge < -0.3 is 10.1 Å². The third kappa shape index (κ3) is 4.89. The Morgan fingerprint density at radius 2 is 2.08 bits per heavy atom. The van der Waals surface area contributed by atoms with Crippen molar-refractivity contribution in [1.82, 2.24) is 4.72 Å². The summed E-state index contributed by atoms with van der Waals surface area (Å²) in [6, 6.07) is 3.86. The smallest absolute Gasteiger partial charge is 0.293 e. The Labute approximate surface area is 141 Å². The van der Waals surface area contributed by atoms with Crippen LogP contribution in [-0.2, 0) is 14.8 Å². The highest BCUT2D eigenvalue weighted by Gasteiger charge is 2.26. The second-order valence-corrected chi connectivity index (χ2v) is 8.49. The van der Waals surface area contributed by atoms with Crippen LogP contribution in [0.1, 0.15) is 33.6 Å². The van der Waals surface area contributed by atoms with E-state index >= 15 is 0 Å². The molecule has 24 heavy (non-hydrogen) atoms. The van der Waals surface area contributed by atoms with E-state index in [2.05, 4.69) is 10.0 Å². The number of nitro benzene ring substituents is 1. The van der Waals surface area contributed by atoms with Gasteiger partial charge in [0.15, 0.2) is 0 Å². The number of sulfonamides is 1. The van der Waals surface area contributed by atoms with Gasteiger partial charge in [-0.15, -0.1) is 0 Å². The first kappa shape index (κ1) is 18.6. The van der Waals surface area contributed by atoms with E-state index in [0.717, 1.165) is 18.9 Å². The molecule has 0 aliphatic carbocycles. The van der Waals surface area contributed by atoms with Gasteiger partial charge in [0, 0.05) is 24.8 Å².